The number of hydrogen-bond donors (Lipinski definition) is 2. The van der Waals surface area contributed by atoms with E-state index in [9.17, 15) is 0 Å². The molecule has 4 aromatic rings. The first kappa shape index (κ1) is 23.4. The summed E-state index contributed by atoms with van der Waals surface area (Å²) in [5.74, 6) is 0.0540. The van der Waals surface area contributed by atoms with Gasteiger partial charge in [-0.3, -0.25) is 0 Å². The van der Waals surface area contributed by atoms with E-state index in [1.807, 2.05) is 6.07 Å². The molecule has 5 rings (SSSR count). The van der Waals surface area contributed by atoms with Crippen LogP contribution >= 0.6 is 23.2 Å². The van der Waals surface area contributed by atoms with Crippen LogP contribution in [0.5, 0.6) is 5.75 Å². The molecule has 3 heterocycles. The fraction of sp³-hybridized carbons (Fsp3) is 0.273. The zero-order valence-corrected chi connectivity index (χ0v) is 20.1. The van der Waals surface area contributed by atoms with Crippen molar-refractivity contribution in [1.82, 2.24) is 29.5 Å². The molecule has 13 heteroatoms. The molecule has 2 atom stereocenters. The number of anilines is 2. The Morgan fingerprint density at radius 3 is 2.77 bits per heavy atom. The number of benzene rings is 2. The van der Waals surface area contributed by atoms with Crippen LogP contribution in [-0.2, 0) is 28.9 Å². The fourth-order valence-electron chi connectivity index (χ4n) is 3.92. The lowest BCUT2D eigenvalue weighted by atomic mass is 10.1. The number of ether oxygens (including phenoxy) is 3. The van der Waals surface area contributed by atoms with Crippen molar-refractivity contribution in [3.63, 3.8) is 0 Å². The molecular formula is C22H22Cl2N8O3. The molecule has 0 radical (unpaired) electrons. The summed E-state index contributed by atoms with van der Waals surface area (Å²) in [6.07, 6.45) is 2.60. The molecule has 0 amide bonds. The molecule has 4 N–H and O–H groups in total. The minimum absolute atomic E-state index is 0.179. The molecule has 1 aliphatic rings. The van der Waals surface area contributed by atoms with Gasteiger partial charge in [0.2, 0.25) is 11.7 Å². The lowest BCUT2D eigenvalue weighted by molar-refractivity contribution is -0.190. The summed E-state index contributed by atoms with van der Waals surface area (Å²) in [5.41, 5.74) is 13.7. The largest absolute Gasteiger partial charge is 0.489 e. The predicted molar refractivity (Wildman–Crippen MR) is 130 cm³/mol. The Morgan fingerprint density at radius 1 is 1.20 bits per heavy atom. The van der Waals surface area contributed by atoms with Crippen LogP contribution in [0, 0.1) is 0 Å². The number of aryl methyl sites for hydroxylation is 1. The summed E-state index contributed by atoms with van der Waals surface area (Å²) in [5, 5.41) is 9.18. The molecule has 2 unspecified atom stereocenters. The van der Waals surface area contributed by atoms with E-state index in [2.05, 4.69) is 20.2 Å². The van der Waals surface area contributed by atoms with Crippen LogP contribution < -0.4 is 16.2 Å². The highest BCUT2D eigenvalue weighted by Crippen LogP contribution is 2.40. The molecule has 1 aliphatic heterocycles. The van der Waals surface area contributed by atoms with Gasteiger partial charge in [-0.1, -0.05) is 29.3 Å². The molecule has 1 fully saturated rings. The molecule has 1 saturated heterocycles. The van der Waals surface area contributed by atoms with Crippen molar-refractivity contribution < 1.29 is 14.2 Å². The molecule has 35 heavy (non-hydrogen) atoms. The number of halogens is 2. The first-order valence-electron chi connectivity index (χ1n) is 10.6. The van der Waals surface area contributed by atoms with Gasteiger partial charge in [-0.15, -0.1) is 5.10 Å². The Bertz CT molecular complexity index is 1350. The molecule has 2 aromatic heterocycles. The van der Waals surface area contributed by atoms with Gasteiger partial charge in [0, 0.05) is 23.2 Å². The van der Waals surface area contributed by atoms with Crippen molar-refractivity contribution in [2.75, 3.05) is 24.7 Å². The van der Waals surface area contributed by atoms with E-state index in [-0.39, 0.29) is 25.7 Å². The first-order valence-corrected chi connectivity index (χ1v) is 11.4. The van der Waals surface area contributed by atoms with Crippen LogP contribution in [0.15, 0.2) is 49.1 Å². The lowest BCUT2D eigenvalue weighted by Gasteiger charge is -2.29. The Morgan fingerprint density at radius 2 is 2.06 bits per heavy atom. The van der Waals surface area contributed by atoms with Crippen molar-refractivity contribution >= 4 is 34.8 Å². The predicted octanol–water partition coefficient (Wildman–Crippen LogP) is 2.89. The third kappa shape index (κ3) is 4.76. The molecule has 0 spiro atoms. The van der Waals surface area contributed by atoms with Crippen molar-refractivity contribution in [3.8, 4) is 17.1 Å². The average molecular weight is 517 g/mol. The summed E-state index contributed by atoms with van der Waals surface area (Å²) in [6, 6.07) is 10.5. The van der Waals surface area contributed by atoms with Gasteiger partial charge >= 0.3 is 0 Å². The topological polar surface area (TPSA) is 141 Å². The zero-order chi connectivity index (χ0) is 24.6. The average Bonchev–Trinajstić information content (AvgIpc) is 3.55. The van der Waals surface area contributed by atoms with Gasteiger partial charge in [-0.25, -0.2) is 14.3 Å². The summed E-state index contributed by atoms with van der Waals surface area (Å²) in [4.78, 5) is 8.24. The highest BCUT2D eigenvalue weighted by Gasteiger charge is 2.45. The maximum Gasteiger partial charge on any atom is 0.240 e. The van der Waals surface area contributed by atoms with Crippen molar-refractivity contribution in [1.29, 1.82) is 0 Å². The van der Waals surface area contributed by atoms with E-state index in [0.717, 1.165) is 5.56 Å². The van der Waals surface area contributed by atoms with Crippen LogP contribution in [0.3, 0.4) is 0 Å². The van der Waals surface area contributed by atoms with Crippen LogP contribution in [0.1, 0.15) is 5.56 Å². The van der Waals surface area contributed by atoms with Crippen LogP contribution in [0.4, 0.5) is 11.6 Å². The minimum atomic E-state index is -1.20. The standard InChI is InChI=1S/C22H22Cl2N8O3/c1-31-20(29-21(26)30-31)13-2-5-18(25)19(6-13)33-8-15-9-34-22(35-15,10-32-12-27-11-28-32)16-4-3-14(23)7-17(16)24/h2-7,11-12,15H,8-10,25H2,1H3,(H2,26,30). The molecule has 0 bridgehead atoms. The Balaban J connectivity index is 1.36. The molecule has 2 aromatic carbocycles. The van der Waals surface area contributed by atoms with E-state index in [4.69, 9.17) is 48.9 Å². The molecule has 11 nitrogen and oxygen atoms in total. The smallest absolute Gasteiger partial charge is 0.240 e. The van der Waals surface area contributed by atoms with E-state index < -0.39 is 11.9 Å². The lowest BCUT2D eigenvalue weighted by Crippen LogP contribution is -2.35. The van der Waals surface area contributed by atoms with Crippen molar-refractivity contribution in [2.24, 2.45) is 7.05 Å². The van der Waals surface area contributed by atoms with Gasteiger partial charge in [0.05, 0.1) is 17.3 Å². The second-order valence-corrected chi connectivity index (χ2v) is 8.85. The fourth-order valence-corrected chi connectivity index (χ4v) is 4.47. The van der Waals surface area contributed by atoms with Gasteiger partial charge in [0.25, 0.3) is 0 Å². The maximum atomic E-state index is 6.51. The first-order chi connectivity index (χ1) is 16.8. The van der Waals surface area contributed by atoms with E-state index in [1.165, 1.54) is 6.33 Å². The summed E-state index contributed by atoms with van der Waals surface area (Å²) in [7, 11) is 1.76. The Hall–Kier alpha value is -3.38. The van der Waals surface area contributed by atoms with E-state index in [1.54, 1.807) is 53.1 Å². The highest BCUT2D eigenvalue weighted by atomic mass is 35.5. The minimum Gasteiger partial charge on any atom is -0.489 e. The normalized spacial score (nSPS) is 19.8. The molecular weight excluding hydrogens is 495 g/mol. The monoisotopic (exact) mass is 516 g/mol. The molecule has 0 saturated carbocycles. The number of nitrogen functional groups attached to an aromatic ring is 2. The van der Waals surface area contributed by atoms with E-state index in [0.29, 0.717) is 32.9 Å². The number of aromatic nitrogens is 6. The second kappa shape index (κ2) is 9.34. The van der Waals surface area contributed by atoms with Crippen molar-refractivity contribution in [2.45, 2.75) is 18.4 Å². The van der Waals surface area contributed by atoms with Crippen LogP contribution in [-0.4, -0.2) is 48.8 Å². The second-order valence-electron chi connectivity index (χ2n) is 8.00. The van der Waals surface area contributed by atoms with E-state index >= 15 is 0 Å². The van der Waals surface area contributed by atoms with Gasteiger partial charge in [-0.2, -0.15) is 10.1 Å². The Kier molecular flexibility index (Phi) is 6.24. The highest BCUT2D eigenvalue weighted by molar-refractivity contribution is 6.35. The molecule has 182 valence electrons. The molecule has 0 aliphatic carbocycles. The maximum absolute atomic E-state index is 6.51. The van der Waals surface area contributed by atoms with Crippen LogP contribution in [0.2, 0.25) is 10.0 Å². The van der Waals surface area contributed by atoms with Gasteiger partial charge < -0.3 is 25.7 Å². The van der Waals surface area contributed by atoms with Crippen LogP contribution in [0.25, 0.3) is 11.4 Å². The third-order valence-electron chi connectivity index (χ3n) is 5.51. The third-order valence-corrected chi connectivity index (χ3v) is 6.06. The number of rotatable bonds is 7. The summed E-state index contributed by atoms with van der Waals surface area (Å²) >= 11 is 12.6. The number of nitrogens with zero attached hydrogens (tertiary/aromatic N) is 6. The Labute approximate surface area is 210 Å². The van der Waals surface area contributed by atoms with Gasteiger partial charge in [0.1, 0.15) is 37.7 Å². The quantitative estimate of drug-likeness (QED) is 0.354. The van der Waals surface area contributed by atoms with Gasteiger partial charge in [-0.05, 0) is 30.3 Å². The number of nitrogens with two attached hydrogens (primary N) is 2. The summed E-state index contributed by atoms with van der Waals surface area (Å²) in [6.45, 7) is 0.669. The summed E-state index contributed by atoms with van der Waals surface area (Å²) < 4.78 is 21.8. The number of hydrogen-bond acceptors (Lipinski definition) is 9. The SMILES string of the molecule is Cn1nc(N)nc1-c1ccc(N)c(OCC2COC(Cn3cncn3)(c3ccc(Cl)cc3Cl)O2)c1. The van der Waals surface area contributed by atoms with Gasteiger partial charge in [0.15, 0.2) is 5.82 Å². The van der Waals surface area contributed by atoms with Crippen molar-refractivity contribution in [3.05, 3.63) is 64.7 Å². The zero-order valence-electron chi connectivity index (χ0n) is 18.6.